The lowest BCUT2D eigenvalue weighted by Crippen LogP contribution is -2.29. The molecule has 0 N–H and O–H groups in total. The minimum absolute atomic E-state index is 0.360. The number of aryl methyl sites for hydroxylation is 3. The van der Waals surface area contributed by atoms with Crippen molar-refractivity contribution in [2.45, 2.75) is 53.4 Å². The van der Waals surface area contributed by atoms with Gasteiger partial charge in [-0.2, -0.15) is 4.39 Å². The van der Waals surface area contributed by atoms with Crippen molar-refractivity contribution < 1.29 is 32.8 Å². The smallest absolute Gasteiger partial charge is 0.404 e. The molecule has 180 valence electrons. The molecule has 3 aliphatic rings. The van der Waals surface area contributed by atoms with Gasteiger partial charge in [0.25, 0.3) is 0 Å². The summed E-state index contributed by atoms with van der Waals surface area (Å²) in [6.45, 7) is 11.4. The molecule has 1 atom stereocenters. The monoisotopic (exact) mass is 468 g/mol. The number of alkyl halides is 1. The minimum atomic E-state index is -2.00. The maximum absolute atomic E-state index is 13.1. The lowest BCUT2D eigenvalue weighted by atomic mass is 10.2. The van der Waals surface area contributed by atoms with Crippen LogP contribution in [0.3, 0.4) is 0 Å². The topological polar surface area (TPSA) is 55.4 Å². The van der Waals surface area contributed by atoms with Crippen LogP contribution in [-0.4, -0.2) is 18.6 Å². The van der Waals surface area contributed by atoms with Crippen LogP contribution >= 0.6 is 0 Å². The molecule has 3 aromatic carbocycles. The van der Waals surface area contributed by atoms with Gasteiger partial charge < -0.3 is 28.4 Å². The summed E-state index contributed by atoms with van der Waals surface area (Å²) in [6, 6.07) is 15.2. The summed E-state index contributed by atoms with van der Waals surface area (Å²) in [4.78, 5) is 0. The number of halogens is 1. The summed E-state index contributed by atoms with van der Waals surface area (Å²) in [5, 5.41) is 0. The Hall–Kier alpha value is -3.61. The van der Waals surface area contributed by atoms with Crippen molar-refractivity contribution in [2.24, 2.45) is 0 Å². The maximum Gasteiger partial charge on any atom is 0.404 e. The van der Waals surface area contributed by atoms with Crippen molar-refractivity contribution in [3.63, 3.8) is 0 Å². The van der Waals surface area contributed by atoms with Crippen LogP contribution in [-0.2, 0) is 0 Å². The Morgan fingerprint density at radius 3 is 1.59 bits per heavy atom. The SMILES string of the molecule is Cc1ccc2c(c1)OC(C)(C)O2.Cc1ccc2c(c1)OC(C)(F)O2.Cc1ccc2c(c1)OCO2. The zero-order valence-corrected chi connectivity index (χ0v) is 20.2. The fourth-order valence-electron chi connectivity index (χ4n) is 3.53. The first-order valence-electron chi connectivity index (χ1n) is 11.0. The van der Waals surface area contributed by atoms with E-state index in [4.69, 9.17) is 28.4 Å². The highest BCUT2D eigenvalue weighted by molar-refractivity contribution is 5.46. The van der Waals surface area contributed by atoms with Crippen molar-refractivity contribution in [1.29, 1.82) is 0 Å². The van der Waals surface area contributed by atoms with Gasteiger partial charge in [-0.05, 0) is 73.9 Å². The van der Waals surface area contributed by atoms with Crippen LogP contribution in [0.1, 0.15) is 37.5 Å². The second kappa shape index (κ2) is 8.97. The quantitative estimate of drug-likeness (QED) is 0.369. The number of rotatable bonds is 0. The number of ether oxygens (including phenoxy) is 6. The first kappa shape index (κ1) is 23.5. The van der Waals surface area contributed by atoms with Gasteiger partial charge in [-0.25, -0.2) is 0 Å². The summed E-state index contributed by atoms with van der Waals surface area (Å²) in [6.07, 6.45) is 0. The van der Waals surface area contributed by atoms with Gasteiger partial charge in [0.1, 0.15) is 0 Å². The van der Waals surface area contributed by atoms with E-state index in [0.29, 0.717) is 18.3 Å². The summed E-state index contributed by atoms with van der Waals surface area (Å²) in [5.74, 6) is 3.83. The van der Waals surface area contributed by atoms with E-state index in [2.05, 4.69) is 0 Å². The van der Waals surface area contributed by atoms with Gasteiger partial charge in [0.2, 0.25) is 12.6 Å². The molecule has 6 rings (SSSR count). The lowest BCUT2D eigenvalue weighted by Gasteiger charge is -2.16. The summed E-state index contributed by atoms with van der Waals surface area (Å²) >= 11 is 0. The van der Waals surface area contributed by atoms with Crippen molar-refractivity contribution >= 4 is 0 Å². The molecule has 0 aliphatic carbocycles. The van der Waals surface area contributed by atoms with Crippen LogP contribution < -0.4 is 28.4 Å². The Kier molecular flexibility index (Phi) is 6.21. The molecule has 0 radical (unpaired) electrons. The average molecular weight is 469 g/mol. The van der Waals surface area contributed by atoms with Gasteiger partial charge in [0.05, 0.1) is 0 Å². The van der Waals surface area contributed by atoms with Gasteiger partial charge in [-0.3, -0.25) is 0 Å². The van der Waals surface area contributed by atoms with Crippen molar-refractivity contribution in [1.82, 2.24) is 0 Å². The van der Waals surface area contributed by atoms with E-state index in [1.165, 1.54) is 18.1 Å². The van der Waals surface area contributed by atoms with E-state index >= 15 is 0 Å². The normalized spacial score (nSPS) is 19.5. The first-order valence-corrected chi connectivity index (χ1v) is 11.0. The van der Waals surface area contributed by atoms with Crippen LogP contribution in [0, 0.1) is 20.8 Å². The fraction of sp³-hybridized carbons (Fsp3) is 0.333. The molecular weight excluding hydrogens is 439 g/mol. The zero-order valence-electron chi connectivity index (χ0n) is 20.2. The van der Waals surface area contributed by atoms with Gasteiger partial charge in [-0.1, -0.05) is 18.2 Å². The van der Waals surface area contributed by atoms with Crippen LogP contribution in [0.5, 0.6) is 34.5 Å². The van der Waals surface area contributed by atoms with Gasteiger partial charge in [-0.15, -0.1) is 0 Å². The zero-order chi connectivity index (χ0) is 24.5. The highest BCUT2D eigenvalue weighted by Gasteiger charge is 2.36. The Morgan fingerprint density at radius 2 is 0.971 bits per heavy atom. The molecular formula is C27H29FO6. The standard InChI is InChI=1S/C10H12O2.C9H9FO2.C8H8O2/c1-7-4-5-8-9(6-7)12-10(2,3)11-8;1-6-3-4-7-8(5-6)12-9(2,10)11-7;1-6-2-3-7-8(4-6)10-5-9-7/h4-6H,1-3H3;3-5H,1-2H3;2-4H,5H2,1H3. The first-order chi connectivity index (χ1) is 16.0. The Labute approximate surface area is 199 Å². The molecule has 1 unspecified atom stereocenters. The third-order valence-electron chi connectivity index (χ3n) is 5.02. The van der Waals surface area contributed by atoms with Crippen molar-refractivity contribution in [3.05, 3.63) is 71.3 Å². The second-order valence-corrected chi connectivity index (χ2v) is 8.90. The molecule has 3 aliphatic heterocycles. The average Bonchev–Trinajstić information content (AvgIpc) is 3.40. The molecule has 7 heteroatoms. The largest absolute Gasteiger partial charge is 0.454 e. The highest BCUT2D eigenvalue weighted by atomic mass is 19.2. The van der Waals surface area contributed by atoms with Crippen LogP contribution in [0.25, 0.3) is 0 Å². The fourth-order valence-corrected chi connectivity index (χ4v) is 3.53. The predicted molar refractivity (Wildman–Crippen MR) is 126 cm³/mol. The molecule has 3 aromatic rings. The third-order valence-corrected chi connectivity index (χ3v) is 5.02. The molecule has 0 spiro atoms. The van der Waals surface area contributed by atoms with Gasteiger partial charge in [0, 0.05) is 20.8 Å². The van der Waals surface area contributed by atoms with E-state index in [0.717, 1.165) is 28.6 Å². The molecule has 0 amide bonds. The Bertz CT molecular complexity index is 1120. The van der Waals surface area contributed by atoms with Crippen LogP contribution in [0.4, 0.5) is 4.39 Å². The number of benzene rings is 3. The van der Waals surface area contributed by atoms with E-state index in [1.807, 2.05) is 77.1 Å². The summed E-state index contributed by atoms with van der Waals surface area (Å²) in [5.41, 5.74) is 3.41. The molecule has 0 bridgehead atoms. The van der Waals surface area contributed by atoms with E-state index in [1.54, 1.807) is 12.1 Å². The molecule has 0 aromatic heterocycles. The minimum Gasteiger partial charge on any atom is -0.454 e. The maximum atomic E-state index is 13.1. The van der Waals surface area contributed by atoms with Gasteiger partial charge >= 0.3 is 6.04 Å². The number of hydrogen-bond donors (Lipinski definition) is 0. The molecule has 3 heterocycles. The van der Waals surface area contributed by atoms with Crippen molar-refractivity contribution in [2.75, 3.05) is 6.79 Å². The Morgan fingerprint density at radius 1 is 0.559 bits per heavy atom. The summed E-state index contributed by atoms with van der Waals surface area (Å²) < 4.78 is 44.2. The second-order valence-electron chi connectivity index (χ2n) is 8.90. The van der Waals surface area contributed by atoms with Crippen LogP contribution in [0.2, 0.25) is 0 Å². The molecule has 0 saturated heterocycles. The number of fused-ring (bicyclic) bond motifs is 3. The van der Waals surface area contributed by atoms with E-state index in [9.17, 15) is 4.39 Å². The van der Waals surface area contributed by atoms with Crippen LogP contribution in [0.15, 0.2) is 54.6 Å². The third kappa shape index (κ3) is 5.65. The van der Waals surface area contributed by atoms with E-state index < -0.39 is 11.8 Å². The molecule has 0 fully saturated rings. The lowest BCUT2D eigenvalue weighted by molar-refractivity contribution is -0.173. The summed E-state index contributed by atoms with van der Waals surface area (Å²) in [7, 11) is 0. The van der Waals surface area contributed by atoms with Crippen molar-refractivity contribution in [3.8, 4) is 34.5 Å². The van der Waals surface area contributed by atoms with E-state index in [-0.39, 0.29) is 0 Å². The van der Waals surface area contributed by atoms with Gasteiger partial charge in [0.15, 0.2) is 34.5 Å². The highest BCUT2D eigenvalue weighted by Crippen LogP contribution is 2.40. The Balaban J connectivity index is 0.000000121. The number of hydrogen-bond acceptors (Lipinski definition) is 6. The molecule has 34 heavy (non-hydrogen) atoms. The predicted octanol–water partition coefficient (Wildman–Crippen LogP) is 6.64. The molecule has 6 nitrogen and oxygen atoms in total. The molecule has 0 saturated carbocycles.